The Balaban J connectivity index is 2.11. The van der Waals surface area contributed by atoms with E-state index < -0.39 is 0 Å². The van der Waals surface area contributed by atoms with Crippen LogP contribution in [0.1, 0.15) is 29.6 Å². The number of carbonyl (C=O) groups is 1. The standard InChI is InChI=1S/C14H19BrN2O/c1-17(2)12-6-3-5-11(9-12)13(18)16-14(10-15)7-4-8-14/h3,5-6,9H,4,7-8,10H2,1-2H3,(H,16,18). The van der Waals surface area contributed by atoms with Crippen molar-refractivity contribution in [1.82, 2.24) is 5.32 Å². The highest BCUT2D eigenvalue weighted by atomic mass is 79.9. The lowest BCUT2D eigenvalue weighted by atomic mass is 9.78. The van der Waals surface area contributed by atoms with Gasteiger partial charge in [-0.25, -0.2) is 0 Å². The van der Waals surface area contributed by atoms with Gasteiger partial charge in [0.1, 0.15) is 0 Å². The van der Waals surface area contributed by atoms with Gasteiger partial charge in [0.05, 0.1) is 5.54 Å². The Morgan fingerprint density at radius 2 is 2.17 bits per heavy atom. The van der Waals surface area contributed by atoms with Gasteiger partial charge >= 0.3 is 0 Å². The van der Waals surface area contributed by atoms with E-state index in [-0.39, 0.29) is 11.4 Å². The molecule has 2 rings (SSSR count). The molecule has 0 atom stereocenters. The molecule has 0 aliphatic heterocycles. The molecule has 0 unspecified atom stereocenters. The van der Waals surface area contributed by atoms with Crippen LogP contribution in [0.2, 0.25) is 0 Å². The number of carbonyl (C=O) groups excluding carboxylic acids is 1. The minimum atomic E-state index is -0.0226. The predicted octanol–water partition coefficient (Wildman–Crippen LogP) is 2.80. The lowest BCUT2D eigenvalue weighted by molar-refractivity contribution is 0.0856. The first-order valence-electron chi connectivity index (χ1n) is 6.22. The van der Waals surface area contributed by atoms with Crippen molar-refractivity contribution < 1.29 is 4.79 Å². The zero-order chi connectivity index (χ0) is 13.2. The normalized spacial score (nSPS) is 16.8. The van der Waals surface area contributed by atoms with Crippen molar-refractivity contribution in [2.75, 3.05) is 24.3 Å². The van der Waals surface area contributed by atoms with Crippen LogP contribution in [0.25, 0.3) is 0 Å². The molecule has 1 aliphatic rings. The summed E-state index contributed by atoms with van der Waals surface area (Å²) < 4.78 is 0. The van der Waals surface area contributed by atoms with Gasteiger partial charge in [-0.15, -0.1) is 0 Å². The highest BCUT2D eigenvalue weighted by Gasteiger charge is 2.37. The number of rotatable bonds is 4. The van der Waals surface area contributed by atoms with Crippen molar-refractivity contribution in [3.63, 3.8) is 0 Å². The minimum absolute atomic E-state index is 0.0226. The molecule has 1 saturated carbocycles. The Hall–Kier alpha value is -1.03. The SMILES string of the molecule is CN(C)c1cccc(C(=O)NC2(CBr)CCC2)c1. The number of alkyl halides is 1. The molecule has 0 heterocycles. The van der Waals surface area contributed by atoms with E-state index in [1.807, 2.05) is 43.3 Å². The van der Waals surface area contributed by atoms with E-state index >= 15 is 0 Å². The summed E-state index contributed by atoms with van der Waals surface area (Å²) in [6.07, 6.45) is 3.33. The maximum Gasteiger partial charge on any atom is 0.251 e. The molecule has 0 bridgehead atoms. The van der Waals surface area contributed by atoms with Crippen molar-refractivity contribution in [2.24, 2.45) is 0 Å². The smallest absolute Gasteiger partial charge is 0.251 e. The average molecular weight is 311 g/mol. The van der Waals surface area contributed by atoms with E-state index in [4.69, 9.17) is 0 Å². The number of anilines is 1. The van der Waals surface area contributed by atoms with Crippen LogP contribution in [0, 0.1) is 0 Å². The maximum atomic E-state index is 12.2. The fourth-order valence-corrected chi connectivity index (χ4v) is 2.83. The molecule has 1 aliphatic carbocycles. The van der Waals surface area contributed by atoms with Crippen LogP contribution in [0.15, 0.2) is 24.3 Å². The Kier molecular flexibility index (Phi) is 3.95. The number of hydrogen-bond acceptors (Lipinski definition) is 2. The van der Waals surface area contributed by atoms with Gasteiger partial charge in [0, 0.05) is 30.7 Å². The lowest BCUT2D eigenvalue weighted by Gasteiger charge is -2.41. The van der Waals surface area contributed by atoms with Crippen molar-refractivity contribution in [3.05, 3.63) is 29.8 Å². The highest BCUT2D eigenvalue weighted by molar-refractivity contribution is 9.09. The molecule has 3 nitrogen and oxygen atoms in total. The molecule has 1 aromatic rings. The van der Waals surface area contributed by atoms with E-state index in [2.05, 4.69) is 21.2 Å². The van der Waals surface area contributed by atoms with Crippen LogP contribution < -0.4 is 10.2 Å². The zero-order valence-corrected chi connectivity index (χ0v) is 12.5. The fourth-order valence-electron chi connectivity index (χ4n) is 2.13. The highest BCUT2D eigenvalue weighted by Crippen LogP contribution is 2.33. The number of benzene rings is 1. The number of nitrogens with one attached hydrogen (secondary N) is 1. The largest absolute Gasteiger partial charge is 0.378 e. The Morgan fingerprint density at radius 1 is 1.44 bits per heavy atom. The van der Waals surface area contributed by atoms with E-state index in [1.54, 1.807) is 0 Å². The summed E-state index contributed by atoms with van der Waals surface area (Å²) in [6, 6.07) is 7.71. The van der Waals surface area contributed by atoms with E-state index in [0.29, 0.717) is 0 Å². The van der Waals surface area contributed by atoms with Crippen molar-refractivity contribution in [2.45, 2.75) is 24.8 Å². The van der Waals surface area contributed by atoms with Crippen molar-refractivity contribution in [1.29, 1.82) is 0 Å². The van der Waals surface area contributed by atoms with E-state index in [1.165, 1.54) is 6.42 Å². The van der Waals surface area contributed by atoms with Crippen molar-refractivity contribution >= 4 is 27.5 Å². The predicted molar refractivity (Wildman–Crippen MR) is 78.6 cm³/mol. The van der Waals surface area contributed by atoms with E-state index in [0.717, 1.165) is 29.4 Å². The second-order valence-electron chi connectivity index (χ2n) is 5.17. The van der Waals surface area contributed by atoms with Gasteiger partial charge < -0.3 is 10.2 Å². The number of halogens is 1. The number of hydrogen-bond donors (Lipinski definition) is 1. The molecule has 0 saturated heterocycles. The van der Waals surface area contributed by atoms with Crippen LogP contribution in [0.3, 0.4) is 0 Å². The molecule has 1 fully saturated rings. The molecule has 0 spiro atoms. The second kappa shape index (κ2) is 5.31. The average Bonchev–Trinajstić information content (AvgIpc) is 2.33. The summed E-state index contributed by atoms with van der Waals surface area (Å²) in [7, 11) is 3.95. The summed E-state index contributed by atoms with van der Waals surface area (Å²) in [6.45, 7) is 0. The third kappa shape index (κ3) is 2.69. The fraction of sp³-hybridized carbons (Fsp3) is 0.500. The first-order valence-corrected chi connectivity index (χ1v) is 7.34. The third-order valence-corrected chi connectivity index (χ3v) is 4.64. The Labute approximate surface area is 117 Å². The summed E-state index contributed by atoms with van der Waals surface area (Å²) in [5.41, 5.74) is 1.75. The molecule has 18 heavy (non-hydrogen) atoms. The number of nitrogens with zero attached hydrogens (tertiary/aromatic N) is 1. The summed E-state index contributed by atoms with van der Waals surface area (Å²) in [5, 5.41) is 3.99. The molecule has 4 heteroatoms. The van der Waals surface area contributed by atoms with Crippen LogP contribution in [-0.2, 0) is 0 Å². The van der Waals surface area contributed by atoms with Crippen LogP contribution in [0.4, 0.5) is 5.69 Å². The molecule has 1 aromatic carbocycles. The van der Waals surface area contributed by atoms with E-state index in [9.17, 15) is 4.79 Å². The van der Waals surface area contributed by atoms with Crippen LogP contribution in [-0.4, -0.2) is 30.9 Å². The van der Waals surface area contributed by atoms with Crippen molar-refractivity contribution in [3.8, 4) is 0 Å². The molecule has 1 amide bonds. The van der Waals surface area contributed by atoms with Gasteiger partial charge in [0.2, 0.25) is 0 Å². The molecule has 0 radical (unpaired) electrons. The molecular weight excluding hydrogens is 292 g/mol. The molecule has 1 N–H and O–H groups in total. The van der Waals surface area contributed by atoms with Gasteiger partial charge in [0.25, 0.3) is 5.91 Å². The van der Waals surface area contributed by atoms with Gasteiger partial charge in [-0.3, -0.25) is 4.79 Å². The zero-order valence-electron chi connectivity index (χ0n) is 10.9. The lowest BCUT2D eigenvalue weighted by Crippen LogP contribution is -2.54. The first-order chi connectivity index (χ1) is 8.56. The molecular formula is C14H19BrN2O. The summed E-state index contributed by atoms with van der Waals surface area (Å²) >= 11 is 3.50. The van der Waals surface area contributed by atoms with Gasteiger partial charge in [-0.2, -0.15) is 0 Å². The topological polar surface area (TPSA) is 32.3 Å². The van der Waals surface area contributed by atoms with Gasteiger partial charge in [-0.1, -0.05) is 22.0 Å². The molecule has 0 aromatic heterocycles. The Morgan fingerprint density at radius 3 is 2.67 bits per heavy atom. The maximum absolute atomic E-state index is 12.2. The van der Waals surface area contributed by atoms with Gasteiger partial charge in [-0.05, 0) is 37.5 Å². The number of amides is 1. The minimum Gasteiger partial charge on any atom is -0.378 e. The monoisotopic (exact) mass is 310 g/mol. The third-order valence-electron chi connectivity index (χ3n) is 3.57. The molecule has 98 valence electrons. The Bertz CT molecular complexity index is 436. The first kappa shape index (κ1) is 13.4. The van der Waals surface area contributed by atoms with Crippen LogP contribution >= 0.6 is 15.9 Å². The quantitative estimate of drug-likeness (QED) is 0.867. The van der Waals surface area contributed by atoms with Crippen LogP contribution in [0.5, 0.6) is 0 Å². The summed E-state index contributed by atoms with van der Waals surface area (Å²) in [4.78, 5) is 14.2. The van der Waals surface area contributed by atoms with Gasteiger partial charge in [0.15, 0.2) is 0 Å². The summed E-state index contributed by atoms with van der Waals surface area (Å²) in [5.74, 6) is 0.0258. The second-order valence-corrected chi connectivity index (χ2v) is 5.73.